The predicted octanol–water partition coefficient (Wildman–Crippen LogP) is 2.24. The van der Waals surface area contributed by atoms with Crippen LogP contribution < -0.4 is 5.32 Å². The van der Waals surface area contributed by atoms with E-state index in [1.165, 1.54) is 7.11 Å². The van der Waals surface area contributed by atoms with E-state index in [1.54, 1.807) is 6.21 Å². The summed E-state index contributed by atoms with van der Waals surface area (Å²) in [7, 11) is 1.24. The van der Waals surface area contributed by atoms with Crippen LogP contribution in [0.2, 0.25) is 0 Å². The highest BCUT2D eigenvalue weighted by Crippen LogP contribution is 2.16. The minimum absolute atomic E-state index is 0.0321. The third-order valence-corrected chi connectivity index (χ3v) is 3.74. The summed E-state index contributed by atoms with van der Waals surface area (Å²) in [6.07, 6.45) is 1.95. The highest BCUT2D eigenvalue weighted by molar-refractivity contribution is 5.91. The number of ether oxygens (including phenoxy) is 1. The Kier molecular flexibility index (Phi) is 8.65. The first kappa shape index (κ1) is 22.3. The van der Waals surface area contributed by atoms with E-state index in [0.29, 0.717) is 6.42 Å². The molecule has 7 heteroatoms. The van der Waals surface area contributed by atoms with Crippen LogP contribution in [0.4, 0.5) is 0 Å². The molecule has 1 aromatic rings. The maximum atomic E-state index is 12.6. The molecule has 0 heterocycles. The SMILES string of the molecule is COC(=O)[C@H](Cc1ccccc1)NC(=O)C(CC(=O)O)N=CCC(C)(C)C. The molecule has 0 radical (unpaired) electrons. The maximum Gasteiger partial charge on any atom is 0.328 e. The summed E-state index contributed by atoms with van der Waals surface area (Å²) in [5.41, 5.74) is 0.814. The lowest BCUT2D eigenvalue weighted by Gasteiger charge is -2.19. The van der Waals surface area contributed by atoms with Gasteiger partial charge in [-0.05, 0) is 17.4 Å². The van der Waals surface area contributed by atoms with E-state index in [4.69, 9.17) is 9.84 Å². The van der Waals surface area contributed by atoms with Gasteiger partial charge in [0.2, 0.25) is 5.91 Å². The van der Waals surface area contributed by atoms with E-state index in [-0.39, 0.29) is 11.8 Å². The molecule has 1 unspecified atom stereocenters. The summed E-state index contributed by atoms with van der Waals surface area (Å²) in [4.78, 5) is 39.8. The van der Waals surface area contributed by atoms with Crippen LogP contribution in [-0.4, -0.2) is 48.4 Å². The van der Waals surface area contributed by atoms with E-state index >= 15 is 0 Å². The van der Waals surface area contributed by atoms with Crippen molar-refractivity contribution in [2.24, 2.45) is 10.4 Å². The van der Waals surface area contributed by atoms with Gasteiger partial charge in [-0.15, -0.1) is 0 Å². The second kappa shape index (κ2) is 10.4. The number of carboxylic acids is 1. The van der Waals surface area contributed by atoms with Gasteiger partial charge in [0.15, 0.2) is 0 Å². The van der Waals surface area contributed by atoms with Gasteiger partial charge in [0, 0.05) is 12.6 Å². The molecule has 2 N–H and O–H groups in total. The Morgan fingerprint density at radius 2 is 1.85 bits per heavy atom. The molecule has 0 aromatic heterocycles. The molecular weight excluding hydrogens is 348 g/mol. The van der Waals surface area contributed by atoms with Crippen molar-refractivity contribution in [2.75, 3.05) is 7.11 Å². The number of methoxy groups -OCH3 is 1. The van der Waals surface area contributed by atoms with E-state index in [1.807, 2.05) is 51.1 Å². The van der Waals surface area contributed by atoms with Crippen LogP contribution in [0.3, 0.4) is 0 Å². The van der Waals surface area contributed by atoms with Gasteiger partial charge in [-0.3, -0.25) is 14.6 Å². The molecule has 27 heavy (non-hydrogen) atoms. The topological polar surface area (TPSA) is 105 Å². The van der Waals surface area contributed by atoms with Gasteiger partial charge in [0.25, 0.3) is 0 Å². The zero-order chi connectivity index (χ0) is 20.4. The average molecular weight is 376 g/mol. The zero-order valence-electron chi connectivity index (χ0n) is 16.3. The van der Waals surface area contributed by atoms with Crippen molar-refractivity contribution in [1.29, 1.82) is 0 Å². The fourth-order valence-corrected chi connectivity index (χ4v) is 2.29. The van der Waals surface area contributed by atoms with Gasteiger partial charge in [0.1, 0.15) is 12.1 Å². The Balaban J connectivity index is 2.89. The van der Waals surface area contributed by atoms with Crippen LogP contribution >= 0.6 is 0 Å². The van der Waals surface area contributed by atoms with Crippen LogP contribution in [0.25, 0.3) is 0 Å². The summed E-state index contributed by atoms with van der Waals surface area (Å²) >= 11 is 0. The van der Waals surface area contributed by atoms with E-state index in [0.717, 1.165) is 5.56 Å². The largest absolute Gasteiger partial charge is 0.481 e. The summed E-state index contributed by atoms with van der Waals surface area (Å²) < 4.78 is 4.76. The fraction of sp³-hybridized carbons (Fsp3) is 0.500. The first-order valence-corrected chi connectivity index (χ1v) is 8.78. The lowest BCUT2D eigenvalue weighted by Crippen LogP contribution is -2.47. The standard InChI is InChI=1S/C20H28N2O5/c1-20(2,3)10-11-21-15(13-17(23)24)18(25)22-16(19(26)27-4)12-14-8-6-5-7-9-14/h5-9,11,15-16H,10,12-13H2,1-4H3,(H,22,25)(H,23,24)/t15?,16-/m0/s1. The average Bonchev–Trinajstić information content (AvgIpc) is 2.59. The predicted molar refractivity (Wildman–Crippen MR) is 103 cm³/mol. The molecule has 148 valence electrons. The van der Waals surface area contributed by atoms with Crippen molar-refractivity contribution in [1.82, 2.24) is 5.32 Å². The molecule has 2 atom stereocenters. The van der Waals surface area contributed by atoms with E-state index < -0.39 is 36.4 Å². The smallest absolute Gasteiger partial charge is 0.328 e. The number of benzene rings is 1. The fourth-order valence-electron chi connectivity index (χ4n) is 2.29. The number of nitrogens with one attached hydrogen (secondary N) is 1. The Morgan fingerprint density at radius 3 is 2.37 bits per heavy atom. The van der Waals surface area contributed by atoms with Gasteiger partial charge >= 0.3 is 11.9 Å². The number of rotatable bonds is 9. The molecule has 1 amide bonds. The van der Waals surface area contributed by atoms with Gasteiger partial charge in [-0.25, -0.2) is 4.79 Å². The van der Waals surface area contributed by atoms with Crippen LogP contribution in [-0.2, 0) is 25.5 Å². The Bertz CT molecular complexity index is 665. The number of carbonyl (C=O) groups is 3. The number of hydrogen-bond donors (Lipinski definition) is 2. The van der Waals surface area contributed by atoms with Crippen molar-refractivity contribution in [3.05, 3.63) is 35.9 Å². The third-order valence-electron chi connectivity index (χ3n) is 3.74. The van der Waals surface area contributed by atoms with Crippen molar-refractivity contribution in [3.8, 4) is 0 Å². The van der Waals surface area contributed by atoms with Crippen molar-refractivity contribution < 1.29 is 24.2 Å². The number of aliphatic carboxylic acids is 1. The summed E-state index contributed by atoms with van der Waals surface area (Å²) in [6, 6.07) is 7.15. The third kappa shape index (κ3) is 8.99. The van der Waals surface area contributed by atoms with Crippen molar-refractivity contribution >= 4 is 24.1 Å². The highest BCUT2D eigenvalue weighted by atomic mass is 16.5. The first-order valence-electron chi connectivity index (χ1n) is 8.78. The molecule has 0 saturated heterocycles. The number of aliphatic imine (C=N–C) groups is 1. The molecular formula is C20H28N2O5. The Morgan fingerprint density at radius 1 is 1.22 bits per heavy atom. The molecule has 7 nitrogen and oxygen atoms in total. The Hall–Kier alpha value is -2.70. The summed E-state index contributed by atoms with van der Waals surface area (Å²) in [6.45, 7) is 6.04. The lowest BCUT2D eigenvalue weighted by molar-refractivity contribution is -0.145. The van der Waals surface area contributed by atoms with Gasteiger partial charge in [0.05, 0.1) is 13.5 Å². The van der Waals surface area contributed by atoms with Gasteiger partial charge < -0.3 is 15.2 Å². The number of amides is 1. The van der Waals surface area contributed by atoms with Gasteiger partial charge in [-0.1, -0.05) is 51.1 Å². The molecule has 0 spiro atoms. The van der Waals surface area contributed by atoms with Crippen LogP contribution in [0.1, 0.15) is 39.2 Å². The van der Waals surface area contributed by atoms with Crippen LogP contribution in [0, 0.1) is 5.41 Å². The quantitative estimate of drug-likeness (QED) is 0.508. The molecule has 0 saturated carbocycles. The summed E-state index contributed by atoms with van der Waals surface area (Å²) in [5.74, 6) is -2.35. The maximum absolute atomic E-state index is 12.6. The summed E-state index contributed by atoms with van der Waals surface area (Å²) in [5, 5.41) is 11.6. The number of carboxylic acid groups (broad SMARTS) is 1. The molecule has 0 aliphatic rings. The lowest BCUT2D eigenvalue weighted by atomic mass is 9.93. The molecule has 0 aliphatic heterocycles. The number of esters is 1. The van der Waals surface area contributed by atoms with Crippen LogP contribution in [0.15, 0.2) is 35.3 Å². The van der Waals surface area contributed by atoms with Crippen molar-refractivity contribution in [2.45, 2.75) is 52.1 Å². The minimum Gasteiger partial charge on any atom is -0.481 e. The van der Waals surface area contributed by atoms with Crippen LogP contribution in [0.5, 0.6) is 0 Å². The molecule has 0 fully saturated rings. The minimum atomic E-state index is -1.14. The van der Waals surface area contributed by atoms with E-state index in [9.17, 15) is 14.4 Å². The molecule has 0 aliphatic carbocycles. The molecule has 0 bridgehead atoms. The number of nitrogens with zero attached hydrogens (tertiary/aromatic N) is 1. The number of hydrogen-bond acceptors (Lipinski definition) is 5. The Labute approximate surface area is 159 Å². The second-order valence-electron chi connectivity index (χ2n) is 7.48. The monoisotopic (exact) mass is 376 g/mol. The van der Waals surface area contributed by atoms with Crippen molar-refractivity contribution in [3.63, 3.8) is 0 Å². The second-order valence-corrected chi connectivity index (χ2v) is 7.48. The molecule has 1 rings (SSSR count). The first-order chi connectivity index (χ1) is 12.6. The van der Waals surface area contributed by atoms with E-state index in [2.05, 4.69) is 10.3 Å². The number of carbonyl (C=O) groups excluding carboxylic acids is 2. The molecule has 1 aromatic carbocycles. The normalized spacial score (nSPS) is 13.8. The highest BCUT2D eigenvalue weighted by Gasteiger charge is 2.27. The van der Waals surface area contributed by atoms with Gasteiger partial charge in [-0.2, -0.15) is 0 Å². The zero-order valence-corrected chi connectivity index (χ0v) is 16.3.